The summed E-state index contributed by atoms with van der Waals surface area (Å²) in [5, 5.41) is 3.58. The molecule has 3 heteroatoms. The van der Waals surface area contributed by atoms with Crippen molar-refractivity contribution in [3.05, 3.63) is 68.5 Å². The number of nitrogens with one attached hydrogen (secondary N) is 1. The normalized spacial score (nSPS) is 12.4. The first-order valence-electron chi connectivity index (χ1n) is 6.87. The molecule has 1 atom stereocenters. The van der Waals surface area contributed by atoms with Crippen LogP contribution >= 0.6 is 22.6 Å². The summed E-state index contributed by atoms with van der Waals surface area (Å²) in [4.78, 5) is 0. The third-order valence-corrected chi connectivity index (χ3v) is 4.31. The predicted molar refractivity (Wildman–Crippen MR) is 90.4 cm³/mol. The smallest absolute Gasteiger partial charge is 0.124 e. The summed E-state index contributed by atoms with van der Waals surface area (Å²) in [6.45, 7) is 5.20. The zero-order chi connectivity index (χ0) is 14.5. The third-order valence-electron chi connectivity index (χ3n) is 3.37. The van der Waals surface area contributed by atoms with E-state index in [9.17, 15) is 4.39 Å². The lowest BCUT2D eigenvalue weighted by atomic mass is 9.95. The van der Waals surface area contributed by atoms with Gasteiger partial charge in [0.15, 0.2) is 0 Å². The molecule has 1 N–H and O–H groups in total. The Labute approximate surface area is 133 Å². The summed E-state index contributed by atoms with van der Waals surface area (Å²) in [7, 11) is 0. The van der Waals surface area contributed by atoms with Crippen LogP contribution in [0, 0.1) is 16.3 Å². The molecule has 0 spiro atoms. The second-order valence-corrected chi connectivity index (χ2v) is 6.07. The first-order valence-corrected chi connectivity index (χ1v) is 7.95. The highest BCUT2D eigenvalue weighted by Crippen LogP contribution is 2.28. The fourth-order valence-corrected chi connectivity index (χ4v) is 3.11. The monoisotopic (exact) mass is 383 g/mol. The van der Waals surface area contributed by atoms with Crippen LogP contribution in [-0.4, -0.2) is 6.54 Å². The maximum Gasteiger partial charge on any atom is 0.124 e. The van der Waals surface area contributed by atoms with Gasteiger partial charge in [-0.25, -0.2) is 4.39 Å². The predicted octanol–water partition coefficient (Wildman–Crippen LogP) is 4.83. The van der Waals surface area contributed by atoms with Gasteiger partial charge in [0, 0.05) is 3.57 Å². The molecule has 1 unspecified atom stereocenters. The van der Waals surface area contributed by atoms with Gasteiger partial charge in [-0.3, -0.25) is 0 Å². The molecule has 0 aliphatic carbocycles. The van der Waals surface area contributed by atoms with Gasteiger partial charge in [-0.2, -0.15) is 0 Å². The minimum Gasteiger partial charge on any atom is -0.306 e. The number of aryl methyl sites for hydroxylation is 1. The van der Waals surface area contributed by atoms with Gasteiger partial charge in [0.05, 0.1) is 6.04 Å². The van der Waals surface area contributed by atoms with Gasteiger partial charge < -0.3 is 5.32 Å². The molecule has 0 radical (unpaired) electrons. The fraction of sp³-hybridized carbons (Fsp3) is 0.294. The Morgan fingerprint density at radius 2 is 1.90 bits per heavy atom. The first-order chi connectivity index (χ1) is 9.63. The Morgan fingerprint density at radius 3 is 2.55 bits per heavy atom. The Kier molecular flexibility index (Phi) is 5.54. The summed E-state index contributed by atoms with van der Waals surface area (Å²) in [5.41, 5.74) is 3.64. The molecule has 0 saturated carbocycles. The van der Waals surface area contributed by atoms with E-state index in [0.29, 0.717) is 0 Å². The van der Waals surface area contributed by atoms with E-state index in [-0.39, 0.29) is 11.9 Å². The van der Waals surface area contributed by atoms with Crippen molar-refractivity contribution >= 4 is 22.6 Å². The van der Waals surface area contributed by atoms with Gasteiger partial charge in [-0.05, 0) is 71.3 Å². The molecule has 2 rings (SSSR count). The largest absolute Gasteiger partial charge is 0.306 e. The Morgan fingerprint density at radius 1 is 1.15 bits per heavy atom. The topological polar surface area (TPSA) is 12.0 Å². The standard InChI is InChI=1S/C17H19FIN/c1-3-10-20-17(14-7-5-4-6-12(14)2)15-9-8-13(18)11-16(15)19/h4-9,11,17,20H,3,10H2,1-2H3. The Bertz CT molecular complexity index is 583. The maximum atomic E-state index is 13.3. The summed E-state index contributed by atoms with van der Waals surface area (Å²) < 4.78 is 14.3. The minimum absolute atomic E-state index is 0.114. The molecule has 0 saturated heterocycles. The van der Waals surface area contributed by atoms with Crippen LogP contribution in [0.1, 0.15) is 36.1 Å². The molecular weight excluding hydrogens is 364 g/mol. The van der Waals surface area contributed by atoms with Crippen LogP contribution in [-0.2, 0) is 0 Å². The van der Waals surface area contributed by atoms with Crippen molar-refractivity contribution in [1.82, 2.24) is 5.32 Å². The summed E-state index contributed by atoms with van der Waals surface area (Å²) in [5.74, 6) is -0.183. The van der Waals surface area contributed by atoms with Gasteiger partial charge in [0.1, 0.15) is 5.82 Å². The molecule has 0 aliphatic heterocycles. The van der Waals surface area contributed by atoms with Gasteiger partial charge >= 0.3 is 0 Å². The second-order valence-electron chi connectivity index (χ2n) is 4.91. The number of halogens is 2. The lowest BCUT2D eigenvalue weighted by Gasteiger charge is -2.22. The quantitative estimate of drug-likeness (QED) is 0.730. The van der Waals surface area contributed by atoms with Crippen molar-refractivity contribution in [3.63, 3.8) is 0 Å². The van der Waals surface area contributed by atoms with Gasteiger partial charge in [-0.15, -0.1) is 0 Å². The van der Waals surface area contributed by atoms with Crippen molar-refractivity contribution in [3.8, 4) is 0 Å². The van der Waals surface area contributed by atoms with E-state index in [1.165, 1.54) is 17.2 Å². The fourth-order valence-electron chi connectivity index (χ4n) is 2.32. The summed E-state index contributed by atoms with van der Waals surface area (Å²) >= 11 is 2.21. The van der Waals surface area contributed by atoms with Crippen molar-refractivity contribution in [2.45, 2.75) is 26.3 Å². The number of benzene rings is 2. The van der Waals surface area contributed by atoms with E-state index >= 15 is 0 Å². The Hall–Kier alpha value is -0.940. The van der Waals surface area contributed by atoms with E-state index in [4.69, 9.17) is 0 Å². The molecule has 1 nitrogen and oxygen atoms in total. The SMILES string of the molecule is CCCNC(c1ccccc1C)c1ccc(F)cc1I. The van der Waals surface area contributed by atoms with E-state index in [0.717, 1.165) is 22.1 Å². The number of hydrogen-bond acceptors (Lipinski definition) is 1. The second kappa shape index (κ2) is 7.18. The highest BCUT2D eigenvalue weighted by Gasteiger charge is 2.17. The highest BCUT2D eigenvalue weighted by molar-refractivity contribution is 14.1. The van der Waals surface area contributed by atoms with Crippen molar-refractivity contribution < 1.29 is 4.39 Å². The third kappa shape index (κ3) is 3.58. The molecule has 0 bridgehead atoms. The molecule has 20 heavy (non-hydrogen) atoms. The van der Waals surface area contributed by atoms with E-state index in [2.05, 4.69) is 60.0 Å². The minimum atomic E-state index is -0.183. The molecular formula is C17H19FIN. The van der Waals surface area contributed by atoms with Crippen molar-refractivity contribution in [1.29, 1.82) is 0 Å². The van der Waals surface area contributed by atoms with E-state index in [1.54, 1.807) is 6.07 Å². The summed E-state index contributed by atoms with van der Waals surface area (Å²) in [6, 6.07) is 13.5. The van der Waals surface area contributed by atoms with Crippen LogP contribution in [0.4, 0.5) is 4.39 Å². The zero-order valence-corrected chi connectivity index (χ0v) is 13.9. The average molecular weight is 383 g/mol. The van der Waals surface area contributed by atoms with Gasteiger partial charge in [0.25, 0.3) is 0 Å². The molecule has 2 aromatic carbocycles. The van der Waals surface area contributed by atoms with Gasteiger partial charge in [-0.1, -0.05) is 37.3 Å². The number of hydrogen-bond donors (Lipinski definition) is 1. The van der Waals surface area contributed by atoms with Crippen LogP contribution in [0.25, 0.3) is 0 Å². The van der Waals surface area contributed by atoms with E-state index < -0.39 is 0 Å². The maximum absolute atomic E-state index is 13.3. The Balaban J connectivity index is 2.44. The lowest BCUT2D eigenvalue weighted by Crippen LogP contribution is -2.24. The molecule has 0 fully saturated rings. The molecule has 0 aliphatic rings. The molecule has 2 aromatic rings. The van der Waals surface area contributed by atoms with Crippen LogP contribution in [0.15, 0.2) is 42.5 Å². The van der Waals surface area contributed by atoms with Crippen LogP contribution in [0.5, 0.6) is 0 Å². The molecule has 0 heterocycles. The number of rotatable bonds is 5. The van der Waals surface area contributed by atoms with Crippen LogP contribution in [0.3, 0.4) is 0 Å². The van der Waals surface area contributed by atoms with Crippen LogP contribution < -0.4 is 5.32 Å². The van der Waals surface area contributed by atoms with Gasteiger partial charge in [0.2, 0.25) is 0 Å². The van der Waals surface area contributed by atoms with Crippen molar-refractivity contribution in [2.75, 3.05) is 6.54 Å². The molecule has 0 amide bonds. The van der Waals surface area contributed by atoms with Crippen molar-refractivity contribution in [2.24, 2.45) is 0 Å². The summed E-state index contributed by atoms with van der Waals surface area (Å²) in [6.07, 6.45) is 1.07. The first kappa shape index (κ1) is 15.4. The molecule has 106 valence electrons. The average Bonchev–Trinajstić information content (AvgIpc) is 2.42. The van der Waals surface area contributed by atoms with Crippen LogP contribution in [0.2, 0.25) is 0 Å². The van der Waals surface area contributed by atoms with E-state index in [1.807, 2.05) is 12.1 Å². The highest BCUT2D eigenvalue weighted by atomic mass is 127. The zero-order valence-electron chi connectivity index (χ0n) is 11.8. The molecule has 0 aromatic heterocycles. The lowest BCUT2D eigenvalue weighted by molar-refractivity contribution is 0.588.